The first kappa shape index (κ1) is 33.1. The third-order valence-electron chi connectivity index (χ3n) is 9.98. The van der Waals surface area contributed by atoms with Gasteiger partial charge in [0.05, 0.1) is 17.0 Å². The van der Waals surface area contributed by atoms with Gasteiger partial charge in [-0.15, -0.1) is 0 Å². The predicted molar refractivity (Wildman–Crippen MR) is 221 cm³/mol. The van der Waals surface area contributed by atoms with Crippen LogP contribution in [-0.2, 0) is 0 Å². The van der Waals surface area contributed by atoms with Gasteiger partial charge in [-0.2, -0.15) is 0 Å². The first-order chi connectivity index (χ1) is 27.7. The summed E-state index contributed by atoms with van der Waals surface area (Å²) in [6, 6.07) is 51.1. The molecule has 0 spiro atoms. The molecule has 7 heteroatoms. The quantitative estimate of drug-likeness (QED) is 0.162. The van der Waals surface area contributed by atoms with Crippen LogP contribution in [0.25, 0.3) is 78.9 Å². The van der Waals surface area contributed by atoms with Crippen molar-refractivity contribution in [2.24, 2.45) is 0 Å². The lowest BCUT2D eigenvalue weighted by Crippen LogP contribution is -2.38. The lowest BCUT2D eigenvalue weighted by molar-refractivity contribution is 0.0769. The van der Waals surface area contributed by atoms with E-state index < -0.39 is 0 Å². The zero-order chi connectivity index (χ0) is 37.3. The van der Waals surface area contributed by atoms with Crippen LogP contribution in [0.5, 0.6) is 11.5 Å². The largest absolute Gasteiger partial charge is 0.478 e. The molecule has 0 N–H and O–H groups in total. The highest BCUT2D eigenvalue weighted by Crippen LogP contribution is 2.49. The van der Waals surface area contributed by atoms with Crippen molar-refractivity contribution in [3.8, 4) is 90.4 Å². The minimum Gasteiger partial charge on any atom is -0.478 e. The second-order valence-corrected chi connectivity index (χ2v) is 13.6. The fraction of sp³-hybridized carbons (Fsp3) is 0.0408. The number of nitrogens with zero attached hydrogens (tertiary/aromatic N) is 5. The summed E-state index contributed by atoms with van der Waals surface area (Å²) in [6.45, 7) is 0. The normalized spacial score (nSPS) is 15.3. The summed E-state index contributed by atoms with van der Waals surface area (Å²) in [5.74, 6) is 2.91. The Morgan fingerprint density at radius 1 is 0.357 bits per heavy atom. The summed E-state index contributed by atoms with van der Waals surface area (Å²) in [6.07, 6.45) is 11.1. The van der Waals surface area contributed by atoms with Crippen LogP contribution >= 0.6 is 0 Å². The van der Waals surface area contributed by atoms with Crippen LogP contribution in [-0.4, -0.2) is 37.1 Å². The Hall–Kier alpha value is -7.51. The highest BCUT2D eigenvalue weighted by Gasteiger charge is 2.34. The van der Waals surface area contributed by atoms with Crippen LogP contribution in [0.2, 0.25) is 0 Å². The van der Waals surface area contributed by atoms with Gasteiger partial charge in [0.25, 0.3) is 0 Å². The molecule has 2 unspecified atom stereocenters. The number of ether oxygens (including phenoxy) is 2. The van der Waals surface area contributed by atoms with Crippen LogP contribution in [0.15, 0.2) is 188 Å². The molecule has 0 radical (unpaired) electrons. The number of allylic oxidation sites excluding steroid dienone is 2. The van der Waals surface area contributed by atoms with E-state index in [1.807, 2.05) is 140 Å². The Balaban J connectivity index is 1.08. The average Bonchev–Trinajstić information content (AvgIpc) is 3.29. The van der Waals surface area contributed by atoms with Gasteiger partial charge in [0.2, 0.25) is 0 Å². The molecule has 10 rings (SSSR count). The number of hydrogen-bond acceptors (Lipinski definition) is 7. The van der Waals surface area contributed by atoms with E-state index >= 15 is 0 Å². The first-order valence-corrected chi connectivity index (χ1v) is 18.5. The van der Waals surface area contributed by atoms with Crippen molar-refractivity contribution in [3.63, 3.8) is 0 Å². The molecule has 2 atom stereocenters. The maximum atomic E-state index is 6.81. The summed E-state index contributed by atoms with van der Waals surface area (Å²) >= 11 is 0. The van der Waals surface area contributed by atoms with E-state index in [4.69, 9.17) is 24.4 Å². The minimum atomic E-state index is -0.299. The Bertz CT molecular complexity index is 2620. The van der Waals surface area contributed by atoms with Crippen LogP contribution < -0.4 is 9.47 Å². The molecule has 7 nitrogen and oxygen atoms in total. The summed E-state index contributed by atoms with van der Waals surface area (Å²) in [7, 11) is 0. The monoisotopic (exact) mass is 723 g/mol. The van der Waals surface area contributed by atoms with Crippen molar-refractivity contribution in [2.45, 2.75) is 12.2 Å². The molecule has 1 aliphatic heterocycles. The Labute approximate surface area is 324 Å². The molecule has 0 bridgehead atoms. The van der Waals surface area contributed by atoms with Gasteiger partial charge in [0.1, 0.15) is 0 Å². The van der Waals surface area contributed by atoms with Gasteiger partial charge < -0.3 is 9.47 Å². The Morgan fingerprint density at radius 2 is 0.821 bits per heavy atom. The SMILES string of the molecule is C1=CC2Oc3c(-c4ccc(-c5cc(-c6ccccn6)cc(-c6ccccn6)c5)cc4)ccc(-c4nc(-c5ccccc5)nc(-c5ccccc5)n4)c3OC2C=C1. The van der Waals surface area contributed by atoms with E-state index in [9.17, 15) is 0 Å². The van der Waals surface area contributed by atoms with Crippen molar-refractivity contribution < 1.29 is 9.47 Å². The van der Waals surface area contributed by atoms with Crippen LogP contribution in [0.1, 0.15) is 0 Å². The zero-order valence-electron chi connectivity index (χ0n) is 30.1. The summed E-state index contributed by atoms with van der Waals surface area (Å²) in [5, 5.41) is 0. The summed E-state index contributed by atoms with van der Waals surface area (Å²) in [5.41, 5.74) is 10.4. The van der Waals surface area contributed by atoms with E-state index in [1.165, 1.54) is 0 Å². The molecule has 266 valence electrons. The lowest BCUT2D eigenvalue weighted by Gasteiger charge is -2.34. The lowest BCUT2D eigenvalue weighted by atomic mass is 9.94. The molecule has 5 aromatic carbocycles. The van der Waals surface area contributed by atoms with Gasteiger partial charge in [-0.25, -0.2) is 15.0 Å². The Kier molecular flexibility index (Phi) is 8.50. The number of pyridine rings is 2. The molecule has 56 heavy (non-hydrogen) atoms. The van der Waals surface area contributed by atoms with Gasteiger partial charge in [-0.1, -0.05) is 109 Å². The molecule has 0 saturated carbocycles. The highest BCUT2D eigenvalue weighted by molar-refractivity contribution is 5.85. The van der Waals surface area contributed by atoms with E-state index in [0.29, 0.717) is 29.0 Å². The van der Waals surface area contributed by atoms with Gasteiger partial charge in [0, 0.05) is 40.2 Å². The third kappa shape index (κ3) is 6.41. The Morgan fingerprint density at radius 3 is 1.36 bits per heavy atom. The molecule has 0 fully saturated rings. The molecule has 8 aromatic rings. The molecule has 0 saturated heterocycles. The smallest absolute Gasteiger partial charge is 0.174 e. The highest BCUT2D eigenvalue weighted by atomic mass is 16.6. The first-order valence-electron chi connectivity index (χ1n) is 18.5. The van der Waals surface area contributed by atoms with E-state index in [2.05, 4.69) is 58.5 Å². The van der Waals surface area contributed by atoms with Gasteiger partial charge in [-0.3, -0.25) is 9.97 Å². The third-order valence-corrected chi connectivity index (χ3v) is 9.98. The second-order valence-electron chi connectivity index (χ2n) is 13.6. The van der Waals surface area contributed by atoms with Crippen molar-refractivity contribution >= 4 is 0 Å². The summed E-state index contributed by atoms with van der Waals surface area (Å²) < 4.78 is 13.6. The number of fused-ring (bicyclic) bond motifs is 2. The molecule has 0 amide bonds. The molecular weight excluding hydrogens is 691 g/mol. The second kappa shape index (κ2) is 14.4. The molecule has 3 aromatic heterocycles. The maximum Gasteiger partial charge on any atom is 0.174 e. The van der Waals surface area contributed by atoms with Gasteiger partial charge >= 0.3 is 0 Å². The molecule has 4 heterocycles. The van der Waals surface area contributed by atoms with Crippen LogP contribution in [0, 0.1) is 0 Å². The average molecular weight is 724 g/mol. The molecular formula is C49H33N5O2. The number of hydrogen-bond donors (Lipinski definition) is 0. The maximum absolute atomic E-state index is 6.81. The van der Waals surface area contributed by atoms with Crippen molar-refractivity contribution in [1.29, 1.82) is 0 Å². The van der Waals surface area contributed by atoms with Gasteiger partial charge in [0.15, 0.2) is 41.2 Å². The van der Waals surface area contributed by atoms with E-state index in [0.717, 1.165) is 61.5 Å². The van der Waals surface area contributed by atoms with Crippen molar-refractivity contribution in [2.75, 3.05) is 0 Å². The van der Waals surface area contributed by atoms with E-state index in [1.54, 1.807) is 0 Å². The fourth-order valence-corrected chi connectivity index (χ4v) is 7.18. The number of benzene rings is 5. The standard InChI is InChI=1S/C49H33N5O2/c1-3-13-34(14-4-1)47-52-48(35-15-5-2-6-16-35)54-49(53-47)40-26-25-39(45-46(40)56-44-20-8-7-19-43(44)55-45)33-23-21-32(22-24-33)36-29-37(41-17-9-11-27-50-41)31-38(30-36)42-18-10-12-28-51-42/h1-31,43-44H. The topological polar surface area (TPSA) is 82.9 Å². The molecule has 2 aliphatic rings. The number of aromatic nitrogens is 5. The fourth-order valence-electron chi connectivity index (χ4n) is 7.18. The van der Waals surface area contributed by atoms with Crippen LogP contribution in [0.4, 0.5) is 0 Å². The van der Waals surface area contributed by atoms with Crippen molar-refractivity contribution in [1.82, 2.24) is 24.9 Å². The van der Waals surface area contributed by atoms with Crippen molar-refractivity contribution in [3.05, 3.63) is 188 Å². The summed E-state index contributed by atoms with van der Waals surface area (Å²) in [4.78, 5) is 24.2. The number of rotatable bonds is 7. The van der Waals surface area contributed by atoms with Crippen LogP contribution in [0.3, 0.4) is 0 Å². The molecule has 1 aliphatic carbocycles. The van der Waals surface area contributed by atoms with E-state index in [-0.39, 0.29) is 12.2 Å². The minimum absolute atomic E-state index is 0.279. The van der Waals surface area contributed by atoms with Gasteiger partial charge in [-0.05, 0) is 83.4 Å². The predicted octanol–water partition coefficient (Wildman–Crippen LogP) is 11.0. The zero-order valence-corrected chi connectivity index (χ0v) is 30.1.